The lowest BCUT2D eigenvalue weighted by Gasteiger charge is -2.17. The average molecular weight is 319 g/mol. The van der Waals surface area contributed by atoms with E-state index in [0.29, 0.717) is 29.9 Å². The summed E-state index contributed by atoms with van der Waals surface area (Å²) in [5, 5.41) is 12.1. The molecule has 2 aromatic rings. The first kappa shape index (κ1) is 13.7. The zero-order chi connectivity index (χ0) is 15.1. The first-order valence-electron chi connectivity index (χ1n) is 7.24. The highest BCUT2D eigenvalue weighted by Gasteiger charge is 2.37. The van der Waals surface area contributed by atoms with Gasteiger partial charge >= 0.3 is 0 Å². The fourth-order valence-electron chi connectivity index (χ4n) is 2.61. The van der Waals surface area contributed by atoms with Crippen LogP contribution in [0, 0.1) is 5.82 Å². The van der Waals surface area contributed by atoms with Crippen LogP contribution in [-0.2, 0) is 4.79 Å². The number of benzene rings is 1. The zero-order valence-electron chi connectivity index (χ0n) is 11.7. The van der Waals surface area contributed by atoms with Gasteiger partial charge in [-0.1, -0.05) is 23.9 Å². The molecule has 1 aliphatic heterocycles. The van der Waals surface area contributed by atoms with Gasteiger partial charge in [-0.3, -0.25) is 4.79 Å². The molecule has 1 amide bonds. The minimum Gasteiger partial charge on any atom is -0.309 e. The van der Waals surface area contributed by atoms with Gasteiger partial charge in [-0.15, -0.1) is 5.10 Å². The molecular formula is C14H14FN5OS. The van der Waals surface area contributed by atoms with E-state index in [1.54, 1.807) is 22.9 Å². The van der Waals surface area contributed by atoms with Crippen molar-refractivity contribution in [1.82, 2.24) is 20.2 Å². The predicted octanol–water partition coefficient (Wildman–Crippen LogP) is 2.04. The monoisotopic (exact) mass is 319 g/mol. The number of carbonyl (C=O) groups is 1. The summed E-state index contributed by atoms with van der Waals surface area (Å²) in [7, 11) is 0. The van der Waals surface area contributed by atoms with Crippen LogP contribution in [0.5, 0.6) is 0 Å². The molecule has 0 spiro atoms. The summed E-state index contributed by atoms with van der Waals surface area (Å²) in [5.41, 5.74) is 0.345. The number of thioether (sulfide) groups is 1. The lowest BCUT2D eigenvalue weighted by Crippen LogP contribution is -2.28. The Morgan fingerprint density at radius 3 is 2.82 bits per heavy atom. The Kier molecular flexibility index (Phi) is 3.33. The van der Waals surface area contributed by atoms with Crippen molar-refractivity contribution < 1.29 is 9.18 Å². The molecule has 1 aliphatic carbocycles. The normalized spacial score (nSPS) is 21.6. The Bertz CT molecular complexity index is 717. The number of nitrogens with zero attached hydrogens (tertiary/aromatic N) is 5. The van der Waals surface area contributed by atoms with Crippen molar-refractivity contribution >= 4 is 23.4 Å². The third-order valence-corrected chi connectivity index (χ3v) is 5.10. The highest BCUT2D eigenvalue weighted by atomic mass is 32.2. The van der Waals surface area contributed by atoms with Crippen LogP contribution < -0.4 is 4.90 Å². The summed E-state index contributed by atoms with van der Waals surface area (Å²) >= 11 is 1.38. The Hall–Kier alpha value is -1.96. The van der Waals surface area contributed by atoms with E-state index in [0.717, 1.165) is 12.8 Å². The van der Waals surface area contributed by atoms with E-state index in [1.807, 2.05) is 0 Å². The van der Waals surface area contributed by atoms with Crippen molar-refractivity contribution in [3.63, 3.8) is 0 Å². The number of carbonyl (C=O) groups excluding carboxylic acids is 1. The Labute approximate surface area is 130 Å². The predicted molar refractivity (Wildman–Crippen MR) is 79.1 cm³/mol. The molecule has 22 heavy (non-hydrogen) atoms. The summed E-state index contributed by atoms with van der Waals surface area (Å²) in [6, 6.07) is 6.73. The first-order chi connectivity index (χ1) is 10.7. The molecule has 0 bridgehead atoms. The molecule has 4 rings (SSSR count). The van der Waals surface area contributed by atoms with Gasteiger partial charge in [0, 0.05) is 6.54 Å². The fourth-order valence-corrected chi connectivity index (χ4v) is 3.69. The molecule has 1 atom stereocenters. The summed E-state index contributed by atoms with van der Waals surface area (Å²) in [6.45, 7) is 0.516. The molecule has 1 saturated heterocycles. The van der Waals surface area contributed by atoms with E-state index >= 15 is 0 Å². The van der Waals surface area contributed by atoms with Crippen molar-refractivity contribution in [2.75, 3.05) is 11.4 Å². The standard InChI is InChI=1S/C14H14FN5OS/c15-10-3-1-2-4-11(10)19-8-7-12(13(19)21)22-14-16-17-18-20(14)9-5-6-9/h1-4,9,12H,5-8H2. The van der Waals surface area contributed by atoms with Crippen molar-refractivity contribution in [2.24, 2.45) is 0 Å². The molecule has 6 nitrogen and oxygen atoms in total. The number of tetrazole rings is 1. The zero-order valence-corrected chi connectivity index (χ0v) is 12.5. The van der Waals surface area contributed by atoms with Crippen LogP contribution in [-0.4, -0.2) is 37.9 Å². The summed E-state index contributed by atoms with van der Waals surface area (Å²) < 4.78 is 15.7. The van der Waals surface area contributed by atoms with Crippen molar-refractivity contribution in [3.8, 4) is 0 Å². The molecule has 1 aromatic heterocycles. The Morgan fingerprint density at radius 2 is 2.05 bits per heavy atom. The molecule has 0 radical (unpaired) electrons. The second-order valence-electron chi connectivity index (χ2n) is 5.47. The fraction of sp³-hybridized carbons (Fsp3) is 0.429. The highest BCUT2D eigenvalue weighted by molar-refractivity contribution is 8.00. The molecule has 1 saturated carbocycles. The SMILES string of the molecule is O=C1C(Sc2nnnn2C2CC2)CCN1c1ccccc1F. The van der Waals surface area contributed by atoms with Gasteiger partial charge in [-0.2, -0.15) is 0 Å². The molecule has 8 heteroatoms. The van der Waals surface area contributed by atoms with Gasteiger partial charge in [-0.25, -0.2) is 9.07 Å². The third-order valence-electron chi connectivity index (χ3n) is 3.90. The van der Waals surface area contributed by atoms with Gasteiger partial charge in [0.2, 0.25) is 11.1 Å². The summed E-state index contributed by atoms with van der Waals surface area (Å²) in [6.07, 6.45) is 2.83. The van der Waals surface area contributed by atoms with Crippen LogP contribution in [0.3, 0.4) is 0 Å². The average Bonchev–Trinajstić information content (AvgIpc) is 3.16. The van der Waals surface area contributed by atoms with E-state index in [1.165, 1.54) is 22.7 Å². The van der Waals surface area contributed by atoms with Crippen LogP contribution in [0.25, 0.3) is 0 Å². The lowest BCUT2D eigenvalue weighted by molar-refractivity contribution is -0.116. The van der Waals surface area contributed by atoms with E-state index < -0.39 is 0 Å². The quantitative estimate of drug-likeness (QED) is 0.863. The molecular weight excluding hydrogens is 305 g/mol. The molecule has 2 heterocycles. The maximum Gasteiger partial charge on any atom is 0.240 e. The summed E-state index contributed by atoms with van der Waals surface area (Å²) in [4.78, 5) is 14.1. The number of aromatic nitrogens is 4. The Balaban J connectivity index is 1.52. The second kappa shape index (κ2) is 5.35. The molecule has 0 N–H and O–H groups in total. The smallest absolute Gasteiger partial charge is 0.240 e. The number of anilines is 1. The summed E-state index contributed by atoms with van der Waals surface area (Å²) in [5.74, 6) is -0.454. The largest absolute Gasteiger partial charge is 0.309 e. The third kappa shape index (κ3) is 2.37. The minimum atomic E-state index is -0.371. The maximum atomic E-state index is 13.9. The van der Waals surface area contributed by atoms with Crippen molar-refractivity contribution in [2.45, 2.75) is 35.7 Å². The first-order valence-corrected chi connectivity index (χ1v) is 8.12. The van der Waals surface area contributed by atoms with Crippen LogP contribution in [0.15, 0.2) is 29.4 Å². The van der Waals surface area contributed by atoms with Crippen LogP contribution >= 0.6 is 11.8 Å². The topological polar surface area (TPSA) is 63.9 Å². The number of amides is 1. The number of rotatable bonds is 4. The molecule has 1 aromatic carbocycles. The van der Waals surface area contributed by atoms with Gasteiger partial charge in [-0.05, 0) is 41.8 Å². The second-order valence-corrected chi connectivity index (χ2v) is 6.64. The number of hydrogen-bond acceptors (Lipinski definition) is 5. The molecule has 2 aliphatic rings. The molecule has 114 valence electrons. The lowest BCUT2D eigenvalue weighted by atomic mass is 10.3. The van der Waals surface area contributed by atoms with Gasteiger partial charge in [0.05, 0.1) is 17.0 Å². The van der Waals surface area contributed by atoms with E-state index in [4.69, 9.17) is 0 Å². The minimum absolute atomic E-state index is 0.0829. The van der Waals surface area contributed by atoms with Gasteiger partial charge in [0.25, 0.3) is 0 Å². The van der Waals surface area contributed by atoms with E-state index in [-0.39, 0.29) is 17.0 Å². The van der Waals surface area contributed by atoms with Crippen LogP contribution in [0.1, 0.15) is 25.3 Å². The van der Waals surface area contributed by atoms with Crippen molar-refractivity contribution in [1.29, 1.82) is 0 Å². The van der Waals surface area contributed by atoms with Crippen molar-refractivity contribution in [3.05, 3.63) is 30.1 Å². The van der Waals surface area contributed by atoms with Crippen LogP contribution in [0.4, 0.5) is 10.1 Å². The van der Waals surface area contributed by atoms with E-state index in [2.05, 4.69) is 15.5 Å². The molecule has 2 fully saturated rings. The highest BCUT2D eigenvalue weighted by Crippen LogP contribution is 2.39. The van der Waals surface area contributed by atoms with Gasteiger partial charge in [0.1, 0.15) is 5.82 Å². The number of hydrogen-bond donors (Lipinski definition) is 0. The number of halogens is 1. The number of para-hydroxylation sites is 1. The van der Waals surface area contributed by atoms with E-state index in [9.17, 15) is 9.18 Å². The maximum absolute atomic E-state index is 13.9. The van der Waals surface area contributed by atoms with Gasteiger partial charge in [0.15, 0.2) is 0 Å². The Morgan fingerprint density at radius 1 is 1.23 bits per heavy atom. The van der Waals surface area contributed by atoms with Crippen LogP contribution in [0.2, 0.25) is 0 Å². The van der Waals surface area contributed by atoms with Gasteiger partial charge < -0.3 is 4.90 Å². The molecule has 1 unspecified atom stereocenters.